The maximum absolute atomic E-state index is 13.5. The van der Waals surface area contributed by atoms with E-state index >= 15 is 0 Å². The number of anilines is 2. The van der Waals surface area contributed by atoms with Gasteiger partial charge in [0.25, 0.3) is 0 Å². The topological polar surface area (TPSA) is 84.1 Å². The molecular formula is C20H24F3N5O. The van der Waals surface area contributed by atoms with E-state index in [-0.39, 0.29) is 17.4 Å². The zero-order valence-electron chi connectivity index (χ0n) is 16.3. The van der Waals surface area contributed by atoms with Gasteiger partial charge in [0.15, 0.2) is 0 Å². The normalized spacial score (nSPS) is 17.6. The first kappa shape index (κ1) is 21.0. The monoisotopic (exact) mass is 407 g/mol. The molecule has 29 heavy (non-hydrogen) atoms. The number of nitrogens with one attached hydrogen (secondary N) is 1. The van der Waals surface area contributed by atoms with Crippen molar-refractivity contribution >= 4 is 17.4 Å². The summed E-state index contributed by atoms with van der Waals surface area (Å²) in [5.41, 5.74) is 3.87. The number of pyridine rings is 2. The lowest BCUT2D eigenvalue weighted by Crippen LogP contribution is -2.51. The molecular weight excluding hydrogens is 383 g/mol. The van der Waals surface area contributed by atoms with E-state index in [1.54, 1.807) is 0 Å². The Morgan fingerprint density at radius 3 is 2.76 bits per heavy atom. The predicted octanol–water partition coefficient (Wildman–Crippen LogP) is 3.13. The quantitative estimate of drug-likeness (QED) is 0.741. The summed E-state index contributed by atoms with van der Waals surface area (Å²) in [6.07, 6.45) is -2.40. The van der Waals surface area contributed by atoms with Gasteiger partial charge in [-0.05, 0) is 36.6 Å². The highest BCUT2D eigenvalue weighted by Gasteiger charge is 2.37. The molecule has 3 rings (SSSR count). The van der Waals surface area contributed by atoms with Gasteiger partial charge < -0.3 is 16.0 Å². The van der Waals surface area contributed by atoms with E-state index in [1.165, 1.54) is 24.4 Å². The van der Waals surface area contributed by atoms with E-state index in [0.29, 0.717) is 31.4 Å². The molecule has 2 aromatic rings. The summed E-state index contributed by atoms with van der Waals surface area (Å²) in [6.45, 7) is 6.13. The largest absolute Gasteiger partial charge is 0.418 e. The van der Waals surface area contributed by atoms with Crippen molar-refractivity contribution in [3.63, 3.8) is 0 Å². The van der Waals surface area contributed by atoms with E-state index in [4.69, 9.17) is 5.73 Å². The predicted molar refractivity (Wildman–Crippen MR) is 105 cm³/mol. The summed E-state index contributed by atoms with van der Waals surface area (Å²) in [5, 5.41) is 3.42. The fourth-order valence-electron chi connectivity index (χ4n) is 3.52. The van der Waals surface area contributed by atoms with Crippen molar-refractivity contribution in [1.29, 1.82) is 0 Å². The van der Waals surface area contributed by atoms with Crippen LogP contribution in [0.2, 0.25) is 0 Å². The highest BCUT2D eigenvalue weighted by atomic mass is 19.4. The van der Waals surface area contributed by atoms with Gasteiger partial charge in [0.1, 0.15) is 17.3 Å². The van der Waals surface area contributed by atoms with Crippen LogP contribution in [0, 0.1) is 5.92 Å². The molecule has 156 valence electrons. The number of alkyl halides is 3. The fraction of sp³-hybridized carbons (Fsp3) is 0.450. The molecule has 0 bridgehead atoms. The van der Waals surface area contributed by atoms with Crippen LogP contribution in [0.3, 0.4) is 0 Å². The first-order valence-corrected chi connectivity index (χ1v) is 9.48. The highest BCUT2D eigenvalue weighted by Crippen LogP contribution is 2.34. The third kappa shape index (κ3) is 4.84. The molecule has 1 fully saturated rings. The number of ketones is 1. The molecule has 0 aliphatic carbocycles. The highest BCUT2D eigenvalue weighted by molar-refractivity contribution is 6.11. The van der Waals surface area contributed by atoms with Crippen LogP contribution in [0.4, 0.5) is 24.8 Å². The molecule has 1 aliphatic heterocycles. The van der Waals surface area contributed by atoms with E-state index in [9.17, 15) is 18.0 Å². The summed E-state index contributed by atoms with van der Waals surface area (Å²) in [7, 11) is 0. The number of nitrogens with two attached hydrogens (primary N) is 1. The molecule has 0 saturated carbocycles. The molecule has 1 aliphatic rings. The number of rotatable bonds is 5. The van der Waals surface area contributed by atoms with Gasteiger partial charge in [-0.3, -0.25) is 4.79 Å². The van der Waals surface area contributed by atoms with Gasteiger partial charge in [0, 0.05) is 31.9 Å². The Balaban J connectivity index is 1.98. The summed E-state index contributed by atoms with van der Waals surface area (Å²) >= 11 is 0. The third-order valence-corrected chi connectivity index (χ3v) is 4.82. The van der Waals surface area contributed by atoms with Crippen LogP contribution >= 0.6 is 0 Å². The van der Waals surface area contributed by atoms with Crippen LogP contribution in [0.1, 0.15) is 41.9 Å². The second kappa shape index (κ2) is 8.36. The summed E-state index contributed by atoms with van der Waals surface area (Å²) < 4.78 is 40.6. The number of halogens is 3. The molecule has 0 unspecified atom stereocenters. The Kier molecular flexibility index (Phi) is 6.07. The zero-order valence-corrected chi connectivity index (χ0v) is 16.3. The molecule has 6 nitrogen and oxygen atoms in total. The van der Waals surface area contributed by atoms with Gasteiger partial charge in [0.2, 0.25) is 5.78 Å². The minimum Gasteiger partial charge on any atom is -0.383 e. The van der Waals surface area contributed by atoms with Crippen molar-refractivity contribution in [2.45, 2.75) is 32.5 Å². The van der Waals surface area contributed by atoms with E-state index < -0.39 is 23.2 Å². The number of carbonyl (C=O) groups is 1. The van der Waals surface area contributed by atoms with Crippen molar-refractivity contribution in [2.75, 3.05) is 30.3 Å². The lowest BCUT2D eigenvalue weighted by Gasteiger charge is -2.35. The summed E-state index contributed by atoms with van der Waals surface area (Å²) in [4.78, 5) is 22.7. The lowest BCUT2D eigenvalue weighted by atomic mass is 10.0. The molecule has 9 heteroatoms. The van der Waals surface area contributed by atoms with Crippen LogP contribution in [-0.2, 0) is 6.18 Å². The minimum atomic E-state index is -4.71. The van der Waals surface area contributed by atoms with Crippen LogP contribution in [0.5, 0.6) is 0 Å². The van der Waals surface area contributed by atoms with Crippen LogP contribution in [-0.4, -0.2) is 41.4 Å². The number of carbonyl (C=O) groups excluding carboxylic acids is 1. The van der Waals surface area contributed by atoms with E-state index in [1.807, 2.05) is 4.90 Å². The van der Waals surface area contributed by atoms with Crippen molar-refractivity contribution < 1.29 is 18.0 Å². The van der Waals surface area contributed by atoms with Crippen LogP contribution in [0.25, 0.3) is 0 Å². The van der Waals surface area contributed by atoms with Crippen LogP contribution < -0.4 is 16.0 Å². The van der Waals surface area contributed by atoms with Gasteiger partial charge in [-0.2, -0.15) is 13.2 Å². The number of aromatic nitrogens is 2. The van der Waals surface area contributed by atoms with Crippen molar-refractivity contribution in [3.05, 3.63) is 47.3 Å². The summed E-state index contributed by atoms with van der Waals surface area (Å²) in [6, 6.07) is 5.25. The second-order valence-electron chi connectivity index (χ2n) is 7.56. The van der Waals surface area contributed by atoms with Gasteiger partial charge in [-0.15, -0.1) is 0 Å². The standard InChI is InChI=1S/C20H24F3N5O/c1-12(2)10-13-11-28(9-8-25-13)16-6-5-15(20(21,22)23)17(27-16)18(29)14-4-3-7-26-19(14)24/h3-7,12-13,25H,8-11H2,1-2H3,(H2,24,26)/t13-/m0/s1. The van der Waals surface area contributed by atoms with Gasteiger partial charge in [-0.25, -0.2) is 9.97 Å². The third-order valence-electron chi connectivity index (χ3n) is 4.82. The Morgan fingerprint density at radius 1 is 1.34 bits per heavy atom. The first-order chi connectivity index (χ1) is 13.7. The maximum Gasteiger partial charge on any atom is 0.418 e. The summed E-state index contributed by atoms with van der Waals surface area (Å²) in [5.74, 6) is -0.187. The number of nitrogen functional groups attached to an aromatic ring is 1. The zero-order chi connectivity index (χ0) is 21.2. The SMILES string of the molecule is CC(C)C[C@H]1CN(c2ccc(C(F)(F)F)c(C(=O)c3cccnc3N)n2)CCN1. The number of hydrogen-bond acceptors (Lipinski definition) is 6. The Bertz CT molecular complexity index is 885. The molecule has 2 aromatic heterocycles. The number of nitrogens with zero attached hydrogens (tertiary/aromatic N) is 3. The Morgan fingerprint density at radius 2 is 2.10 bits per heavy atom. The average Bonchev–Trinajstić information content (AvgIpc) is 2.66. The molecule has 0 spiro atoms. The molecule has 3 N–H and O–H groups in total. The van der Waals surface area contributed by atoms with Gasteiger partial charge in [0.05, 0.1) is 11.1 Å². The minimum absolute atomic E-state index is 0.0966. The maximum atomic E-state index is 13.5. The fourth-order valence-corrected chi connectivity index (χ4v) is 3.52. The first-order valence-electron chi connectivity index (χ1n) is 9.48. The van der Waals surface area contributed by atoms with Crippen molar-refractivity contribution in [2.24, 2.45) is 5.92 Å². The van der Waals surface area contributed by atoms with Crippen LogP contribution in [0.15, 0.2) is 30.5 Å². The van der Waals surface area contributed by atoms with E-state index in [0.717, 1.165) is 12.5 Å². The van der Waals surface area contributed by atoms with Gasteiger partial charge >= 0.3 is 6.18 Å². The average molecular weight is 407 g/mol. The second-order valence-corrected chi connectivity index (χ2v) is 7.56. The molecule has 0 radical (unpaired) electrons. The number of piperazine rings is 1. The van der Waals surface area contributed by atoms with E-state index in [2.05, 4.69) is 29.1 Å². The Hall–Kier alpha value is -2.68. The molecule has 0 aromatic carbocycles. The van der Waals surface area contributed by atoms with Crippen molar-refractivity contribution in [1.82, 2.24) is 15.3 Å². The molecule has 3 heterocycles. The Labute approximate surface area is 167 Å². The smallest absolute Gasteiger partial charge is 0.383 e. The number of hydrogen-bond donors (Lipinski definition) is 2. The lowest BCUT2D eigenvalue weighted by molar-refractivity contribution is -0.138. The molecule has 1 atom stereocenters. The van der Waals surface area contributed by atoms with Crippen molar-refractivity contribution in [3.8, 4) is 0 Å². The molecule has 1 saturated heterocycles. The molecule has 0 amide bonds. The van der Waals surface area contributed by atoms with Gasteiger partial charge in [-0.1, -0.05) is 13.8 Å².